The summed E-state index contributed by atoms with van der Waals surface area (Å²) in [4.78, 5) is 18.8. The van der Waals surface area contributed by atoms with Crippen molar-refractivity contribution in [1.29, 1.82) is 0 Å². The van der Waals surface area contributed by atoms with Crippen LogP contribution in [0.1, 0.15) is 21.7 Å². The van der Waals surface area contributed by atoms with E-state index in [9.17, 15) is 4.79 Å². The summed E-state index contributed by atoms with van der Waals surface area (Å²) in [5.41, 5.74) is 3.81. The summed E-state index contributed by atoms with van der Waals surface area (Å²) in [6, 6.07) is 5.76. The Morgan fingerprint density at radius 1 is 1.22 bits per heavy atom. The lowest BCUT2D eigenvalue weighted by Crippen LogP contribution is -1.96. The summed E-state index contributed by atoms with van der Waals surface area (Å²) in [5.74, 6) is 1.04. The Kier molecular flexibility index (Phi) is 3.37. The van der Waals surface area contributed by atoms with Gasteiger partial charge in [0.15, 0.2) is 12.1 Å². The van der Waals surface area contributed by atoms with Crippen LogP contribution < -0.4 is 4.74 Å². The van der Waals surface area contributed by atoms with E-state index in [0.29, 0.717) is 6.29 Å². The quantitative estimate of drug-likeness (QED) is 0.776. The first-order valence-corrected chi connectivity index (χ1v) is 5.59. The number of benzene rings is 1. The SMILES string of the molecule is COc1cc(C)c(-c2ccnc(C=O)n2)cc1C. The maximum Gasteiger partial charge on any atom is 0.193 e. The third-order valence-electron chi connectivity index (χ3n) is 2.80. The van der Waals surface area contributed by atoms with E-state index in [1.165, 1.54) is 0 Å². The van der Waals surface area contributed by atoms with Crippen LogP contribution in [0.2, 0.25) is 0 Å². The van der Waals surface area contributed by atoms with Crippen LogP contribution in [-0.2, 0) is 0 Å². The molecule has 0 bridgehead atoms. The number of carbonyl (C=O) groups is 1. The number of nitrogens with zero attached hydrogens (tertiary/aromatic N) is 2. The van der Waals surface area contributed by atoms with E-state index in [-0.39, 0.29) is 5.82 Å². The van der Waals surface area contributed by atoms with Crippen LogP contribution in [0.4, 0.5) is 0 Å². The Morgan fingerprint density at radius 3 is 2.67 bits per heavy atom. The fraction of sp³-hybridized carbons (Fsp3) is 0.214. The zero-order chi connectivity index (χ0) is 13.1. The van der Waals surface area contributed by atoms with E-state index >= 15 is 0 Å². The molecule has 18 heavy (non-hydrogen) atoms. The highest BCUT2D eigenvalue weighted by Crippen LogP contribution is 2.28. The van der Waals surface area contributed by atoms with Gasteiger partial charge in [0.2, 0.25) is 0 Å². The molecule has 0 aliphatic rings. The topological polar surface area (TPSA) is 52.1 Å². The highest BCUT2D eigenvalue weighted by molar-refractivity contribution is 5.72. The summed E-state index contributed by atoms with van der Waals surface area (Å²) in [5, 5.41) is 0. The van der Waals surface area contributed by atoms with Crippen molar-refractivity contribution in [3.05, 3.63) is 41.3 Å². The monoisotopic (exact) mass is 242 g/mol. The maximum absolute atomic E-state index is 10.7. The molecule has 4 nitrogen and oxygen atoms in total. The van der Waals surface area contributed by atoms with Crippen LogP contribution in [0.15, 0.2) is 24.4 Å². The zero-order valence-corrected chi connectivity index (χ0v) is 10.6. The van der Waals surface area contributed by atoms with Gasteiger partial charge in [0.25, 0.3) is 0 Å². The highest BCUT2D eigenvalue weighted by Gasteiger charge is 2.08. The van der Waals surface area contributed by atoms with Crippen molar-refractivity contribution in [1.82, 2.24) is 9.97 Å². The molecule has 1 aromatic carbocycles. The number of hydrogen-bond acceptors (Lipinski definition) is 4. The smallest absolute Gasteiger partial charge is 0.193 e. The Hall–Kier alpha value is -2.23. The zero-order valence-electron chi connectivity index (χ0n) is 10.6. The van der Waals surface area contributed by atoms with Gasteiger partial charge in [-0.15, -0.1) is 0 Å². The molecule has 0 fully saturated rings. The Balaban J connectivity index is 2.56. The number of aromatic nitrogens is 2. The van der Waals surface area contributed by atoms with Gasteiger partial charge in [-0.25, -0.2) is 9.97 Å². The van der Waals surface area contributed by atoms with E-state index < -0.39 is 0 Å². The third kappa shape index (κ3) is 2.22. The molecular formula is C14H14N2O2. The number of hydrogen-bond donors (Lipinski definition) is 0. The molecule has 2 rings (SSSR count). The second kappa shape index (κ2) is 4.96. The first kappa shape index (κ1) is 12.2. The third-order valence-corrected chi connectivity index (χ3v) is 2.80. The molecule has 0 aliphatic heterocycles. The summed E-state index contributed by atoms with van der Waals surface area (Å²) in [6.07, 6.45) is 2.24. The molecule has 0 atom stereocenters. The molecule has 0 saturated heterocycles. The van der Waals surface area contributed by atoms with E-state index in [4.69, 9.17) is 4.74 Å². The molecule has 0 N–H and O–H groups in total. The lowest BCUT2D eigenvalue weighted by molar-refractivity contribution is 0.111. The van der Waals surface area contributed by atoms with E-state index in [2.05, 4.69) is 9.97 Å². The van der Waals surface area contributed by atoms with Gasteiger partial charge in [0, 0.05) is 11.8 Å². The Labute approximate surface area is 106 Å². The molecule has 0 radical (unpaired) electrons. The first-order chi connectivity index (χ1) is 8.65. The first-order valence-electron chi connectivity index (χ1n) is 5.59. The number of aryl methyl sites for hydroxylation is 2. The molecule has 1 aromatic heterocycles. The second-order valence-corrected chi connectivity index (χ2v) is 4.05. The van der Waals surface area contributed by atoms with Crippen molar-refractivity contribution >= 4 is 6.29 Å². The molecule has 0 saturated carbocycles. The summed E-state index contributed by atoms with van der Waals surface area (Å²) in [6.45, 7) is 3.96. The molecule has 0 aliphatic carbocycles. The molecule has 0 unspecified atom stereocenters. The van der Waals surface area contributed by atoms with E-state index in [1.807, 2.05) is 26.0 Å². The van der Waals surface area contributed by atoms with Gasteiger partial charge in [-0.05, 0) is 43.2 Å². The van der Waals surface area contributed by atoms with Gasteiger partial charge in [0.05, 0.1) is 12.8 Å². The number of methoxy groups -OCH3 is 1. The number of rotatable bonds is 3. The van der Waals surface area contributed by atoms with Crippen LogP contribution in [0.5, 0.6) is 5.75 Å². The van der Waals surface area contributed by atoms with Crippen LogP contribution in [-0.4, -0.2) is 23.4 Å². The van der Waals surface area contributed by atoms with Crippen molar-refractivity contribution in [3.8, 4) is 17.0 Å². The minimum Gasteiger partial charge on any atom is -0.496 e. The Morgan fingerprint density at radius 2 is 2.00 bits per heavy atom. The number of ether oxygens (including phenoxy) is 1. The largest absolute Gasteiger partial charge is 0.496 e. The van der Waals surface area contributed by atoms with Crippen molar-refractivity contribution in [2.45, 2.75) is 13.8 Å². The van der Waals surface area contributed by atoms with Gasteiger partial charge >= 0.3 is 0 Å². The fourth-order valence-electron chi connectivity index (χ4n) is 1.87. The van der Waals surface area contributed by atoms with Crippen LogP contribution in [0, 0.1) is 13.8 Å². The standard InChI is InChI=1S/C14H14N2O2/c1-9-7-13(18-3)10(2)6-11(9)12-4-5-15-14(8-17)16-12/h4-8H,1-3H3. The lowest BCUT2D eigenvalue weighted by Gasteiger charge is -2.10. The minimum atomic E-state index is 0.195. The van der Waals surface area contributed by atoms with Crippen molar-refractivity contribution in [2.75, 3.05) is 7.11 Å². The van der Waals surface area contributed by atoms with Crippen molar-refractivity contribution in [3.63, 3.8) is 0 Å². The van der Waals surface area contributed by atoms with Gasteiger partial charge < -0.3 is 4.74 Å². The summed E-state index contributed by atoms with van der Waals surface area (Å²) in [7, 11) is 1.65. The molecule has 4 heteroatoms. The van der Waals surface area contributed by atoms with E-state index in [1.54, 1.807) is 19.4 Å². The van der Waals surface area contributed by atoms with Crippen molar-refractivity contribution < 1.29 is 9.53 Å². The van der Waals surface area contributed by atoms with E-state index in [0.717, 1.165) is 28.1 Å². The predicted molar refractivity (Wildman–Crippen MR) is 68.9 cm³/mol. The molecular weight excluding hydrogens is 228 g/mol. The van der Waals surface area contributed by atoms with Crippen LogP contribution in [0.3, 0.4) is 0 Å². The van der Waals surface area contributed by atoms with Gasteiger partial charge in [-0.3, -0.25) is 4.79 Å². The fourth-order valence-corrected chi connectivity index (χ4v) is 1.87. The number of carbonyl (C=O) groups excluding carboxylic acids is 1. The van der Waals surface area contributed by atoms with Gasteiger partial charge in [0.1, 0.15) is 5.75 Å². The number of aldehydes is 1. The lowest BCUT2D eigenvalue weighted by atomic mass is 10.0. The molecule has 2 aromatic rings. The molecule has 92 valence electrons. The van der Waals surface area contributed by atoms with Crippen LogP contribution >= 0.6 is 0 Å². The average Bonchev–Trinajstić information content (AvgIpc) is 2.41. The average molecular weight is 242 g/mol. The van der Waals surface area contributed by atoms with Gasteiger partial charge in [-0.2, -0.15) is 0 Å². The molecule has 1 heterocycles. The molecule has 0 spiro atoms. The highest BCUT2D eigenvalue weighted by atomic mass is 16.5. The van der Waals surface area contributed by atoms with Crippen molar-refractivity contribution in [2.24, 2.45) is 0 Å². The van der Waals surface area contributed by atoms with Crippen LogP contribution in [0.25, 0.3) is 11.3 Å². The minimum absolute atomic E-state index is 0.195. The summed E-state index contributed by atoms with van der Waals surface area (Å²) < 4.78 is 5.27. The predicted octanol–water partition coefficient (Wildman–Crippen LogP) is 2.58. The van der Waals surface area contributed by atoms with Gasteiger partial charge in [-0.1, -0.05) is 0 Å². The Bertz CT molecular complexity index is 594. The maximum atomic E-state index is 10.7. The normalized spacial score (nSPS) is 10.2. The molecule has 0 amide bonds. The second-order valence-electron chi connectivity index (χ2n) is 4.05. The summed E-state index contributed by atoms with van der Waals surface area (Å²) >= 11 is 0.